The molecule has 0 radical (unpaired) electrons. The molecule has 7 rings (SSSR count). The Morgan fingerprint density at radius 3 is 2.53 bits per heavy atom. The molecule has 2 aromatic heterocycles. The Bertz CT molecular complexity index is 1750. The van der Waals surface area contributed by atoms with Crippen LogP contribution in [0.5, 0.6) is 0 Å². The molecular formula is C26H22N6O4. The normalized spacial score (nSPS) is 20.8. The number of rotatable bonds is 2. The highest BCUT2D eigenvalue weighted by atomic mass is 16.2. The van der Waals surface area contributed by atoms with E-state index in [2.05, 4.69) is 5.32 Å². The Labute approximate surface area is 204 Å². The summed E-state index contributed by atoms with van der Waals surface area (Å²) in [4.78, 5) is 58.3. The van der Waals surface area contributed by atoms with Crippen molar-refractivity contribution in [3.05, 3.63) is 69.8 Å². The van der Waals surface area contributed by atoms with Crippen molar-refractivity contribution in [1.29, 1.82) is 0 Å². The van der Waals surface area contributed by atoms with Gasteiger partial charge in [0.2, 0.25) is 5.91 Å². The molecular weight excluding hydrogens is 460 g/mol. The first-order chi connectivity index (χ1) is 17.3. The molecule has 10 nitrogen and oxygen atoms in total. The van der Waals surface area contributed by atoms with Crippen molar-refractivity contribution in [3.63, 3.8) is 0 Å². The molecule has 36 heavy (non-hydrogen) atoms. The van der Waals surface area contributed by atoms with Gasteiger partial charge in [-0.05, 0) is 41.5 Å². The van der Waals surface area contributed by atoms with E-state index in [0.717, 1.165) is 38.8 Å². The predicted octanol–water partition coefficient (Wildman–Crippen LogP) is 1.39. The van der Waals surface area contributed by atoms with Crippen LogP contribution in [0.4, 0.5) is 10.5 Å². The van der Waals surface area contributed by atoms with Crippen molar-refractivity contribution in [2.45, 2.75) is 31.5 Å². The second kappa shape index (κ2) is 6.81. The lowest BCUT2D eigenvalue weighted by molar-refractivity contribution is -0.125. The number of amides is 4. The number of fused-ring (bicyclic) bond motifs is 2. The smallest absolute Gasteiger partial charge is 0.312 e. The first-order valence-electron chi connectivity index (χ1n) is 11.8. The Balaban J connectivity index is 1.28. The first-order valence-corrected chi connectivity index (χ1v) is 11.8. The van der Waals surface area contributed by atoms with Gasteiger partial charge in [-0.15, -0.1) is 0 Å². The largest absolute Gasteiger partial charge is 0.330 e. The number of imidazole rings is 1. The molecule has 180 valence electrons. The first kappa shape index (κ1) is 20.9. The minimum absolute atomic E-state index is 0.0133. The number of benzene rings is 2. The van der Waals surface area contributed by atoms with E-state index in [1.165, 1.54) is 9.47 Å². The third kappa shape index (κ3) is 2.58. The van der Waals surface area contributed by atoms with Gasteiger partial charge < -0.3 is 9.80 Å². The van der Waals surface area contributed by atoms with Gasteiger partial charge in [-0.3, -0.25) is 29.0 Å². The number of hydrogen-bond donors (Lipinski definition) is 1. The number of anilines is 1. The van der Waals surface area contributed by atoms with Crippen molar-refractivity contribution in [3.8, 4) is 0 Å². The summed E-state index contributed by atoms with van der Waals surface area (Å²) in [6.07, 6.45) is 0.911. The zero-order chi connectivity index (χ0) is 24.9. The molecule has 1 aliphatic carbocycles. The molecule has 1 unspecified atom stereocenters. The summed E-state index contributed by atoms with van der Waals surface area (Å²) in [6.45, 7) is 0.277. The van der Waals surface area contributed by atoms with Crippen molar-refractivity contribution < 1.29 is 14.4 Å². The molecule has 4 aromatic rings. The zero-order valence-corrected chi connectivity index (χ0v) is 19.7. The lowest BCUT2D eigenvalue weighted by Gasteiger charge is -2.27. The van der Waals surface area contributed by atoms with Gasteiger partial charge in [-0.1, -0.05) is 12.1 Å². The summed E-state index contributed by atoms with van der Waals surface area (Å²) >= 11 is 0. The maximum atomic E-state index is 13.3. The zero-order valence-electron chi connectivity index (χ0n) is 19.7. The van der Waals surface area contributed by atoms with Crippen LogP contribution in [-0.4, -0.2) is 56.5 Å². The summed E-state index contributed by atoms with van der Waals surface area (Å²) in [5.74, 6) is -0.394. The average molecular weight is 483 g/mol. The number of imide groups is 1. The topological polar surface area (TPSA) is 110 Å². The molecule has 0 saturated carbocycles. The van der Waals surface area contributed by atoms with Gasteiger partial charge >= 0.3 is 11.7 Å². The van der Waals surface area contributed by atoms with Crippen LogP contribution in [0.3, 0.4) is 0 Å². The molecule has 1 atom stereocenters. The third-order valence-electron chi connectivity index (χ3n) is 7.99. The number of hydrogen-bond acceptors (Lipinski definition) is 5. The van der Waals surface area contributed by atoms with Crippen LogP contribution in [0.25, 0.3) is 21.9 Å². The van der Waals surface area contributed by atoms with Gasteiger partial charge in [-0.2, -0.15) is 0 Å². The van der Waals surface area contributed by atoms with E-state index in [4.69, 9.17) is 4.98 Å². The fourth-order valence-corrected chi connectivity index (χ4v) is 5.92. The number of para-hydroxylation sites is 1. The van der Waals surface area contributed by atoms with Crippen LogP contribution in [0, 0.1) is 0 Å². The Kier molecular flexibility index (Phi) is 3.95. The number of carbonyl (C=O) groups excluding carboxylic acids is 3. The van der Waals surface area contributed by atoms with Gasteiger partial charge in [-0.25, -0.2) is 9.59 Å². The molecule has 4 heterocycles. The molecule has 1 saturated heterocycles. The van der Waals surface area contributed by atoms with E-state index >= 15 is 0 Å². The number of aromatic nitrogens is 3. The Morgan fingerprint density at radius 2 is 1.78 bits per heavy atom. The van der Waals surface area contributed by atoms with Gasteiger partial charge in [0.1, 0.15) is 12.1 Å². The molecule has 2 aromatic carbocycles. The van der Waals surface area contributed by atoms with Crippen LogP contribution in [0.15, 0.2) is 47.3 Å². The van der Waals surface area contributed by atoms with Crippen molar-refractivity contribution in [1.82, 2.24) is 24.3 Å². The van der Waals surface area contributed by atoms with Crippen molar-refractivity contribution >= 4 is 45.5 Å². The van der Waals surface area contributed by atoms with Crippen LogP contribution in [0.1, 0.15) is 16.8 Å². The standard InChI is InChI=1S/C26H22N6O4/c1-29-19-4-3-5-20-22(19)32(13-21(29)33)25(36)31(20)12-17-7-6-14-8-15-10-26(11-16(15)9-18(14)27-17)23(34)28-24(35)30(26)2/h3-9H,10-13H2,1-2H3,(H,28,34,35). The summed E-state index contributed by atoms with van der Waals surface area (Å²) in [5, 5.41) is 3.36. The van der Waals surface area contributed by atoms with Crippen molar-refractivity contribution in [2.24, 2.45) is 0 Å². The molecule has 1 N–H and O–H groups in total. The van der Waals surface area contributed by atoms with Gasteiger partial charge in [0, 0.05) is 32.3 Å². The molecule has 1 spiro atoms. The molecule has 10 heteroatoms. The molecule has 3 aliphatic rings. The lowest BCUT2D eigenvalue weighted by atomic mass is 9.95. The minimum atomic E-state index is -0.886. The van der Waals surface area contributed by atoms with E-state index < -0.39 is 5.54 Å². The van der Waals surface area contributed by atoms with Crippen LogP contribution < -0.4 is 15.9 Å². The predicted molar refractivity (Wildman–Crippen MR) is 132 cm³/mol. The van der Waals surface area contributed by atoms with E-state index in [9.17, 15) is 19.2 Å². The summed E-state index contributed by atoms with van der Waals surface area (Å²) < 4.78 is 3.19. The van der Waals surface area contributed by atoms with Crippen LogP contribution in [0.2, 0.25) is 0 Å². The average Bonchev–Trinajstić information content (AvgIpc) is 3.43. The highest BCUT2D eigenvalue weighted by Crippen LogP contribution is 2.38. The monoisotopic (exact) mass is 482 g/mol. The Hall–Kier alpha value is -4.47. The highest BCUT2D eigenvalue weighted by Gasteiger charge is 2.54. The van der Waals surface area contributed by atoms with Gasteiger partial charge in [0.15, 0.2) is 0 Å². The second-order valence-electron chi connectivity index (χ2n) is 9.87. The maximum absolute atomic E-state index is 13.3. The van der Waals surface area contributed by atoms with Gasteiger partial charge in [0.25, 0.3) is 5.91 Å². The molecule has 1 fully saturated rings. The Morgan fingerprint density at radius 1 is 1.00 bits per heavy atom. The quantitative estimate of drug-likeness (QED) is 0.435. The number of pyridine rings is 1. The highest BCUT2D eigenvalue weighted by molar-refractivity contribution is 6.08. The minimum Gasteiger partial charge on any atom is -0.312 e. The van der Waals surface area contributed by atoms with Crippen molar-refractivity contribution in [2.75, 3.05) is 19.0 Å². The fourth-order valence-electron chi connectivity index (χ4n) is 5.92. The number of carbonyl (C=O) groups is 3. The number of nitrogens with one attached hydrogen (secondary N) is 1. The van der Waals surface area contributed by atoms with E-state index in [0.29, 0.717) is 18.5 Å². The molecule has 2 aliphatic heterocycles. The fraction of sp³-hybridized carbons (Fsp3) is 0.269. The SMILES string of the molecule is CN1C(=O)Cn2c(=O)n(Cc3ccc4cc5c(cc4n3)CC3(C5)C(=O)NC(=O)N3C)c3cccc1c32. The van der Waals surface area contributed by atoms with Gasteiger partial charge in [0.05, 0.1) is 34.5 Å². The van der Waals surface area contributed by atoms with E-state index in [1.807, 2.05) is 42.5 Å². The van der Waals surface area contributed by atoms with E-state index in [1.54, 1.807) is 23.6 Å². The second-order valence-corrected chi connectivity index (χ2v) is 9.87. The summed E-state index contributed by atoms with van der Waals surface area (Å²) in [6, 6.07) is 13.1. The number of likely N-dealkylation sites (N-methyl/N-ethyl adjacent to an activating group) is 2. The number of urea groups is 1. The maximum Gasteiger partial charge on any atom is 0.330 e. The number of nitrogens with zero attached hydrogens (tertiary/aromatic N) is 5. The third-order valence-corrected chi connectivity index (χ3v) is 7.99. The van der Waals surface area contributed by atoms with Crippen LogP contribution >= 0.6 is 0 Å². The van der Waals surface area contributed by atoms with Crippen LogP contribution in [-0.2, 0) is 35.5 Å². The van der Waals surface area contributed by atoms with E-state index in [-0.39, 0.29) is 36.6 Å². The lowest BCUT2D eigenvalue weighted by Crippen LogP contribution is -2.48. The summed E-state index contributed by atoms with van der Waals surface area (Å²) in [7, 11) is 3.38. The molecule has 0 bridgehead atoms. The molecule has 4 amide bonds. The summed E-state index contributed by atoms with van der Waals surface area (Å²) in [5.41, 5.74) is 4.62.